The molecule has 0 radical (unpaired) electrons. The summed E-state index contributed by atoms with van der Waals surface area (Å²) in [6.45, 7) is 27.2. The Morgan fingerprint density at radius 1 is 0.857 bits per heavy atom. The zero-order chi connectivity index (χ0) is 32.7. The van der Waals surface area contributed by atoms with Gasteiger partial charge < -0.3 is 0 Å². The Kier molecular flexibility index (Phi) is 23.2. The minimum Gasteiger partial charge on any atom is -0.253 e. The molecule has 0 aliphatic heterocycles. The molecule has 0 aliphatic carbocycles. The number of halogens is 3. The molecule has 2 aromatic carbocycles. The molecule has 0 unspecified atom stereocenters. The van der Waals surface area contributed by atoms with Crippen LogP contribution >= 0.6 is 0 Å². The molecule has 0 N–H and O–H groups in total. The van der Waals surface area contributed by atoms with E-state index < -0.39 is 11.7 Å². The highest BCUT2D eigenvalue weighted by atomic mass is 19.4. The lowest BCUT2D eigenvalue weighted by Crippen LogP contribution is -2.04. The van der Waals surface area contributed by atoms with Crippen LogP contribution in [0.1, 0.15) is 124 Å². The van der Waals surface area contributed by atoms with Crippen LogP contribution in [0.4, 0.5) is 13.2 Å². The van der Waals surface area contributed by atoms with Crippen LogP contribution in [0.25, 0.3) is 0 Å². The average molecular weight is 586 g/mol. The van der Waals surface area contributed by atoms with Gasteiger partial charge >= 0.3 is 6.18 Å². The van der Waals surface area contributed by atoms with Crippen LogP contribution < -0.4 is 0 Å². The molecular formula is C38H58F3N. The zero-order valence-electron chi connectivity index (χ0n) is 28.4. The van der Waals surface area contributed by atoms with Crippen molar-refractivity contribution in [3.05, 3.63) is 106 Å². The Labute approximate surface area is 256 Å². The van der Waals surface area contributed by atoms with Crippen molar-refractivity contribution in [2.75, 3.05) is 0 Å². The van der Waals surface area contributed by atoms with Gasteiger partial charge in [-0.2, -0.15) is 13.2 Å². The Bertz CT molecular complexity index is 1080. The summed E-state index contributed by atoms with van der Waals surface area (Å²) >= 11 is 0. The molecule has 0 aromatic heterocycles. The van der Waals surface area contributed by atoms with Crippen molar-refractivity contribution >= 4 is 5.71 Å². The molecule has 0 amide bonds. The second kappa shape index (κ2) is 23.7. The fourth-order valence-corrected chi connectivity index (χ4v) is 3.78. The first-order valence-electron chi connectivity index (χ1n) is 15.5. The van der Waals surface area contributed by atoms with Gasteiger partial charge in [-0.25, -0.2) is 0 Å². The Hall–Kier alpha value is -2.88. The molecule has 1 nitrogen and oxygen atoms in total. The summed E-state index contributed by atoms with van der Waals surface area (Å²) < 4.78 is 36.1. The van der Waals surface area contributed by atoms with E-state index in [-0.39, 0.29) is 0 Å². The number of aliphatic imine (C=N–C) groups is 1. The summed E-state index contributed by atoms with van der Waals surface area (Å²) in [4.78, 5) is 4.77. The third kappa shape index (κ3) is 19.3. The van der Waals surface area contributed by atoms with Crippen LogP contribution in [0, 0.1) is 12.8 Å². The fourth-order valence-electron chi connectivity index (χ4n) is 3.78. The van der Waals surface area contributed by atoms with E-state index in [4.69, 9.17) is 4.99 Å². The van der Waals surface area contributed by atoms with Crippen molar-refractivity contribution in [1.29, 1.82) is 0 Å². The summed E-state index contributed by atoms with van der Waals surface area (Å²) in [6.07, 6.45) is 7.29. The van der Waals surface area contributed by atoms with Gasteiger partial charge in [0.15, 0.2) is 0 Å². The lowest BCUT2D eigenvalue weighted by Gasteiger charge is -2.08. The van der Waals surface area contributed by atoms with E-state index in [1.54, 1.807) is 0 Å². The predicted molar refractivity (Wildman–Crippen MR) is 181 cm³/mol. The summed E-state index contributed by atoms with van der Waals surface area (Å²) in [5.74, 6) is 0.963. The van der Waals surface area contributed by atoms with E-state index in [0.717, 1.165) is 47.0 Å². The number of alkyl halides is 3. The van der Waals surface area contributed by atoms with Crippen LogP contribution in [0.5, 0.6) is 0 Å². The first kappa shape index (κ1) is 41.3. The maximum atomic E-state index is 12.0. The number of aryl methyl sites for hydroxylation is 2. The first-order chi connectivity index (χ1) is 19.7. The summed E-state index contributed by atoms with van der Waals surface area (Å²) in [5, 5.41) is 0. The molecule has 0 saturated heterocycles. The molecule has 2 aromatic rings. The predicted octanol–water partition coefficient (Wildman–Crippen LogP) is 13.1. The topological polar surface area (TPSA) is 12.4 Å². The highest BCUT2D eigenvalue weighted by Crippen LogP contribution is 2.29. The van der Waals surface area contributed by atoms with E-state index in [1.165, 1.54) is 60.9 Å². The zero-order valence-corrected chi connectivity index (χ0v) is 28.4. The van der Waals surface area contributed by atoms with Crippen molar-refractivity contribution in [2.45, 2.75) is 121 Å². The third-order valence-electron chi connectivity index (χ3n) is 6.26. The normalized spacial score (nSPS) is 11.5. The summed E-state index contributed by atoms with van der Waals surface area (Å²) in [7, 11) is 0. The molecule has 0 fully saturated rings. The van der Waals surface area contributed by atoms with Crippen molar-refractivity contribution < 1.29 is 13.2 Å². The van der Waals surface area contributed by atoms with Crippen molar-refractivity contribution in [1.82, 2.24) is 0 Å². The van der Waals surface area contributed by atoms with Gasteiger partial charge in [0.05, 0.1) is 11.3 Å². The standard InChI is InChI=1S/C18H23N.C9H9F3.C8H18.C3H8/c1-7-14(4)16(6)19-18(12-13(2)3)17-11-9-8-10-15(17)5;1-2-7-3-5-8(6-4-7)9(10,11)12;1-4-6-8(3)7-5-2;1-3-2/h7-12H,1H2,2-6H3;3-6H,2H2,1H3;8H,4-7H2,1-3H3;3H2,1-2H3/b16-14+,19-18?;;;. The number of hydrogen-bond acceptors (Lipinski definition) is 1. The summed E-state index contributed by atoms with van der Waals surface area (Å²) in [6, 6.07) is 13.6. The highest BCUT2D eigenvalue weighted by Gasteiger charge is 2.29. The molecule has 42 heavy (non-hydrogen) atoms. The van der Waals surface area contributed by atoms with E-state index in [0.29, 0.717) is 0 Å². The van der Waals surface area contributed by atoms with Crippen molar-refractivity contribution in [2.24, 2.45) is 10.9 Å². The Morgan fingerprint density at radius 3 is 1.74 bits per heavy atom. The maximum absolute atomic E-state index is 12.0. The van der Waals surface area contributed by atoms with Gasteiger partial charge in [0.25, 0.3) is 0 Å². The van der Waals surface area contributed by atoms with Gasteiger partial charge in [0.2, 0.25) is 0 Å². The lowest BCUT2D eigenvalue weighted by molar-refractivity contribution is -0.137. The second-order valence-corrected chi connectivity index (χ2v) is 10.9. The number of hydrogen-bond donors (Lipinski definition) is 0. The lowest BCUT2D eigenvalue weighted by atomic mass is 10.0. The van der Waals surface area contributed by atoms with Crippen LogP contribution in [0.3, 0.4) is 0 Å². The molecule has 4 heteroatoms. The first-order valence-corrected chi connectivity index (χ1v) is 15.5. The van der Waals surface area contributed by atoms with Crippen molar-refractivity contribution in [3.63, 3.8) is 0 Å². The SMILES string of the molecule is C=C/C(C)=C(\C)N=C(C=C(C)C)c1ccccc1C.CCC.CCCC(C)CCC.CCc1ccc(C(F)(F)F)cc1. The largest absolute Gasteiger partial charge is 0.416 e. The Morgan fingerprint density at radius 2 is 1.36 bits per heavy atom. The minimum atomic E-state index is -4.22. The van der Waals surface area contributed by atoms with Gasteiger partial charge in [-0.15, -0.1) is 0 Å². The second-order valence-electron chi connectivity index (χ2n) is 10.9. The average Bonchev–Trinajstić information content (AvgIpc) is 2.93. The van der Waals surface area contributed by atoms with Crippen LogP contribution in [-0.2, 0) is 12.6 Å². The highest BCUT2D eigenvalue weighted by molar-refractivity contribution is 6.10. The van der Waals surface area contributed by atoms with E-state index >= 15 is 0 Å². The quantitative estimate of drug-likeness (QED) is 0.205. The van der Waals surface area contributed by atoms with Crippen LogP contribution in [0.2, 0.25) is 0 Å². The number of nitrogens with zero attached hydrogens (tertiary/aromatic N) is 1. The Balaban J connectivity index is 0. The van der Waals surface area contributed by atoms with Crippen molar-refractivity contribution in [3.8, 4) is 0 Å². The van der Waals surface area contributed by atoms with E-state index in [2.05, 4.69) is 92.3 Å². The van der Waals surface area contributed by atoms with Crippen LogP contribution in [0.15, 0.2) is 89.1 Å². The summed E-state index contributed by atoms with van der Waals surface area (Å²) in [5.41, 5.74) is 7.12. The molecule has 0 aliphatic rings. The van der Waals surface area contributed by atoms with E-state index in [9.17, 15) is 13.2 Å². The molecule has 0 heterocycles. The number of benzene rings is 2. The van der Waals surface area contributed by atoms with E-state index in [1.807, 2.05) is 26.8 Å². The van der Waals surface area contributed by atoms with Gasteiger partial charge in [-0.3, -0.25) is 4.99 Å². The molecule has 0 atom stereocenters. The van der Waals surface area contributed by atoms with Crippen LogP contribution in [-0.4, -0.2) is 5.71 Å². The smallest absolute Gasteiger partial charge is 0.253 e. The number of allylic oxidation sites excluding steroid dienone is 5. The molecule has 0 saturated carbocycles. The maximum Gasteiger partial charge on any atom is 0.416 e. The minimum absolute atomic E-state index is 0.584. The third-order valence-corrected chi connectivity index (χ3v) is 6.26. The molecule has 0 spiro atoms. The number of rotatable bonds is 9. The fraction of sp³-hybridized carbons (Fsp3) is 0.500. The van der Waals surface area contributed by atoms with Gasteiger partial charge in [-0.05, 0) is 81.9 Å². The molecule has 2 rings (SSSR count). The monoisotopic (exact) mass is 585 g/mol. The molecule has 236 valence electrons. The van der Waals surface area contributed by atoms with Gasteiger partial charge in [0.1, 0.15) is 0 Å². The van der Waals surface area contributed by atoms with Gasteiger partial charge in [-0.1, -0.05) is 128 Å². The van der Waals surface area contributed by atoms with Gasteiger partial charge in [0, 0.05) is 11.3 Å². The molecule has 0 bridgehead atoms. The molecular weight excluding hydrogens is 527 g/mol.